The number of carbonyl (C=O) groups excluding carboxylic acids is 1. The molecular weight excluding hydrogens is 388 g/mol. The van der Waals surface area contributed by atoms with E-state index in [2.05, 4.69) is 20.5 Å². The predicted molar refractivity (Wildman–Crippen MR) is 111 cm³/mol. The molecule has 2 aliphatic heterocycles. The largest absolute Gasteiger partial charge is 0.344 e. The van der Waals surface area contributed by atoms with Crippen molar-refractivity contribution >= 4 is 21.4 Å². The van der Waals surface area contributed by atoms with Gasteiger partial charge in [0.15, 0.2) is 9.84 Å². The lowest BCUT2D eigenvalue weighted by atomic mass is 10.1. The zero-order valence-electron chi connectivity index (χ0n) is 17.1. The van der Waals surface area contributed by atoms with Crippen LogP contribution in [0.4, 0.5) is 5.82 Å². The Morgan fingerprint density at radius 2 is 2.00 bits per heavy atom. The number of aromatic nitrogens is 2. The number of hydrogen-bond acceptors (Lipinski definition) is 4. The Hall–Kier alpha value is -2.19. The van der Waals surface area contributed by atoms with Crippen LogP contribution in [0.15, 0.2) is 30.5 Å². The lowest BCUT2D eigenvalue weighted by Gasteiger charge is -2.27. The van der Waals surface area contributed by atoms with Gasteiger partial charge in [0.05, 0.1) is 17.7 Å². The molecule has 2 N–H and O–H groups in total. The maximum Gasteiger partial charge on any atom is 0.274 e. The summed E-state index contributed by atoms with van der Waals surface area (Å²) < 4.78 is 25.8. The van der Waals surface area contributed by atoms with Crippen molar-refractivity contribution in [2.75, 3.05) is 49.1 Å². The summed E-state index contributed by atoms with van der Waals surface area (Å²) >= 11 is 0. The van der Waals surface area contributed by atoms with Crippen LogP contribution in [0.5, 0.6) is 0 Å². The molecule has 2 aliphatic rings. The molecule has 2 aromatic rings. The number of carbonyl (C=O) groups is 1. The first kappa shape index (κ1) is 20.1. The molecule has 0 aromatic carbocycles. The van der Waals surface area contributed by atoms with Crippen LogP contribution in [0.3, 0.4) is 0 Å². The highest BCUT2D eigenvalue weighted by Crippen LogP contribution is 2.29. The SMILES string of the molecule is Cc1cc(C(=O)C[NH+]2CCN(c3cccc[nH+]3)CC2)c(C)n1[C@H]1CCS(=O)(=O)C1. The summed E-state index contributed by atoms with van der Waals surface area (Å²) in [6.07, 6.45) is 2.57. The van der Waals surface area contributed by atoms with Crippen LogP contribution in [0.1, 0.15) is 34.2 Å². The first-order chi connectivity index (χ1) is 13.8. The molecular formula is C21H30N4O3S+2. The van der Waals surface area contributed by atoms with E-state index in [0.717, 1.165) is 48.9 Å². The molecule has 4 heterocycles. The zero-order chi connectivity index (χ0) is 20.6. The lowest BCUT2D eigenvalue weighted by Crippen LogP contribution is -3.15. The minimum atomic E-state index is -2.96. The number of sulfone groups is 1. The van der Waals surface area contributed by atoms with Crippen molar-refractivity contribution in [2.24, 2.45) is 0 Å². The van der Waals surface area contributed by atoms with Gasteiger partial charge in [0, 0.05) is 29.1 Å². The second-order valence-electron chi connectivity index (χ2n) is 8.30. The fraction of sp³-hybridized carbons (Fsp3) is 0.524. The molecule has 1 atom stereocenters. The molecule has 0 saturated carbocycles. The Kier molecular flexibility index (Phi) is 5.48. The van der Waals surface area contributed by atoms with Gasteiger partial charge in [-0.3, -0.25) is 9.69 Å². The average Bonchev–Trinajstić information content (AvgIpc) is 3.21. The lowest BCUT2D eigenvalue weighted by molar-refractivity contribution is -0.892. The summed E-state index contributed by atoms with van der Waals surface area (Å²) in [5.41, 5.74) is 2.64. The number of nitrogens with zero attached hydrogens (tertiary/aromatic N) is 2. The Labute approximate surface area is 172 Å². The molecule has 0 aliphatic carbocycles. The number of Topliss-reactive ketones (excluding diaryl/α,β-unsaturated/α-hetero) is 1. The van der Waals surface area contributed by atoms with Gasteiger partial charge in [0.25, 0.3) is 5.82 Å². The number of rotatable bonds is 5. The van der Waals surface area contributed by atoms with Crippen molar-refractivity contribution in [3.8, 4) is 0 Å². The molecule has 0 unspecified atom stereocenters. The van der Waals surface area contributed by atoms with Gasteiger partial charge < -0.3 is 9.47 Å². The third kappa shape index (κ3) is 4.23. The Morgan fingerprint density at radius 3 is 2.62 bits per heavy atom. The van der Waals surface area contributed by atoms with Gasteiger partial charge in [-0.2, -0.15) is 0 Å². The molecule has 4 rings (SSSR count). The van der Waals surface area contributed by atoms with E-state index in [9.17, 15) is 13.2 Å². The van der Waals surface area contributed by atoms with Crippen LogP contribution >= 0.6 is 0 Å². The normalized spacial score (nSPS) is 22.1. The van der Waals surface area contributed by atoms with Crippen molar-refractivity contribution in [3.05, 3.63) is 47.4 Å². The van der Waals surface area contributed by atoms with E-state index in [0.29, 0.717) is 13.0 Å². The third-order valence-electron chi connectivity index (χ3n) is 6.27. The molecule has 0 spiro atoms. The summed E-state index contributed by atoms with van der Waals surface area (Å²) in [5.74, 6) is 1.69. The highest BCUT2D eigenvalue weighted by molar-refractivity contribution is 7.91. The second kappa shape index (κ2) is 7.91. The molecule has 0 radical (unpaired) electrons. The monoisotopic (exact) mass is 418 g/mol. The standard InChI is InChI=1S/C21H28N4O3S/c1-16-13-19(17(2)25(16)18-6-12-29(27,28)15-18)20(26)14-23-8-10-24(11-9-23)21-5-3-4-7-22-21/h3-5,7,13,18H,6,8-12,14-15H2,1-2H3/p+2/t18-/m0/s1. The first-order valence-electron chi connectivity index (χ1n) is 10.3. The molecule has 0 bridgehead atoms. The van der Waals surface area contributed by atoms with Crippen LogP contribution in [-0.2, 0) is 9.84 Å². The van der Waals surface area contributed by atoms with Gasteiger partial charge in [-0.15, -0.1) is 0 Å². The maximum absolute atomic E-state index is 13.0. The molecule has 2 saturated heterocycles. The van der Waals surface area contributed by atoms with Crippen molar-refractivity contribution < 1.29 is 23.1 Å². The third-order valence-corrected chi connectivity index (χ3v) is 8.02. The zero-order valence-corrected chi connectivity index (χ0v) is 18.0. The minimum Gasteiger partial charge on any atom is -0.344 e. The topological polar surface area (TPSA) is 78.0 Å². The second-order valence-corrected chi connectivity index (χ2v) is 10.5. The van der Waals surface area contributed by atoms with E-state index >= 15 is 0 Å². The van der Waals surface area contributed by atoms with Crippen molar-refractivity contribution in [2.45, 2.75) is 26.3 Å². The van der Waals surface area contributed by atoms with Crippen molar-refractivity contribution in [3.63, 3.8) is 0 Å². The summed E-state index contributed by atoms with van der Waals surface area (Å²) in [6, 6.07) is 7.98. The molecule has 7 nitrogen and oxygen atoms in total. The maximum atomic E-state index is 13.0. The summed E-state index contributed by atoms with van der Waals surface area (Å²) in [6.45, 7) is 8.09. The van der Waals surface area contributed by atoms with E-state index in [1.165, 1.54) is 4.90 Å². The predicted octanol–water partition coefficient (Wildman–Crippen LogP) is -0.134. The quantitative estimate of drug-likeness (QED) is 0.686. The Balaban J connectivity index is 1.40. The smallest absolute Gasteiger partial charge is 0.274 e. The Bertz CT molecular complexity index is 992. The van der Waals surface area contributed by atoms with Gasteiger partial charge in [0.2, 0.25) is 5.78 Å². The van der Waals surface area contributed by atoms with E-state index < -0.39 is 9.84 Å². The van der Waals surface area contributed by atoms with E-state index in [1.807, 2.05) is 38.2 Å². The first-order valence-corrected chi connectivity index (χ1v) is 12.1. The number of H-pyrrole nitrogens is 1. The number of quaternary nitrogens is 1. The fourth-order valence-electron chi connectivity index (χ4n) is 4.74. The highest BCUT2D eigenvalue weighted by Gasteiger charge is 2.33. The molecule has 0 amide bonds. The van der Waals surface area contributed by atoms with E-state index in [1.54, 1.807) is 0 Å². The summed E-state index contributed by atoms with van der Waals surface area (Å²) in [7, 11) is -2.96. The van der Waals surface area contributed by atoms with Gasteiger partial charge in [-0.25, -0.2) is 13.4 Å². The average molecular weight is 419 g/mol. The number of hydrogen-bond donors (Lipinski definition) is 1. The van der Waals surface area contributed by atoms with Gasteiger partial charge in [-0.1, -0.05) is 6.07 Å². The number of anilines is 1. The van der Waals surface area contributed by atoms with Crippen LogP contribution in [0.25, 0.3) is 0 Å². The fourth-order valence-corrected chi connectivity index (χ4v) is 6.44. The van der Waals surface area contributed by atoms with Gasteiger partial charge in [0.1, 0.15) is 32.7 Å². The molecule has 2 aromatic heterocycles. The highest BCUT2D eigenvalue weighted by atomic mass is 32.2. The van der Waals surface area contributed by atoms with Crippen LogP contribution in [0, 0.1) is 13.8 Å². The number of aromatic amines is 1. The van der Waals surface area contributed by atoms with Gasteiger partial charge in [-0.05, 0) is 32.4 Å². The van der Waals surface area contributed by atoms with E-state index in [-0.39, 0.29) is 23.3 Å². The van der Waals surface area contributed by atoms with Crippen molar-refractivity contribution in [1.29, 1.82) is 0 Å². The number of nitrogens with one attached hydrogen (secondary N) is 2. The van der Waals surface area contributed by atoms with E-state index in [4.69, 9.17) is 0 Å². The number of aryl methyl sites for hydroxylation is 1. The Morgan fingerprint density at radius 1 is 1.24 bits per heavy atom. The number of pyridine rings is 1. The van der Waals surface area contributed by atoms with Crippen LogP contribution < -0.4 is 14.8 Å². The minimum absolute atomic E-state index is 0.0421. The summed E-state index contributed by atoms with van der Waals surface area (Å²) in [5, 5.41) is 0. The summed E-state index contributed by atoms with van der Waals surface area (Å²) in [4.78, 5) is 19.9. The van der Waals surface area contributed by atoms with Gasteiger partial charge >= 0.3 is 0 Å². The number of piperazine rings is 1. The number of ketones is 1. The van der Waals surface area contributed by atoms with Crippen LogP contribution in [-0.4, -0.2) is 63.0 Å². The van der Waals surface area contributed by atoms with Crippen LogP contribution in [0.2, 0.25) is 0 Å². The molecule has 2 fully saturated rings. The molecule has 8 heteroatoms. The van der Waals surface area contributed by atoms with Crippen molar-refractivity contribution in [1.82, 2.24) is 4.57 Å². The molecule has 156 valence electrons. The molecule has 29 heavy (non-hydrogen) atoms.